The summed E-state index contributed by atoms with van der Waals surface area (Å²) in [5.41, 5.74) is 1.32. The predicted octanol–water partition coefficient (Wildman–Crippen LogP) is 3.37. The molecule has 0 saturated carbocycles. The number of amides is 1. The number of halogens is 1. The highest BCUT2D eigenvalue weighted by atomic mass is 19.1. The summed E-state index contributed by atoms with van der Waals surface area (Å²) in [4.78, 5) is 10.9. The van der Waals surface area contributed by atoms with Crippen LogP contribution in [0.15, 0.2) is 42.5 Å². The molecule has 0 aliphatic carbocycles. The van der Waals surface area contributed by atoms with Crippen molar-refractivity contribution in [3.05, 3.63) is 53.8 Å². The molecule has 2 aromatic carbocycles. The van der Waals surface area contributed by atoms with Crippen molar-refractivity contribution in [3.8, 4) is 11.5 Å². The van der Waals surface area contributed by atoms with Crippen molar-refractivity contribution in [2.24, 2.45) is 0 Å². The highest BCUT2D eigenvalue weighted by molar-refractivity contribution is 5.88. The second-order valence-electron chi connectivity index (χ2n) is 4.45. The van der Waals surface area contributed by atoms with Gasteiger partial charge in [-0.15, -0.1) is 0 Å². The summed E-state index contributed by atoms with van der Waals surface area (Å²) in [7, 11) is 1.53. The van der Waals surface area contributed by atoms with Crippen LogP contribution in [0.3, 0.4) is 0 Å². The van der Waals surface area contributed by atoms with Gasteiger partial charge in [0.2, 0.25) is 5.91 Å². The molecule has 0 unspecified atom stereocenters. The van der Waals surface area contributed by atoms with Gasteiger partial charge in [0.25, 0.3) is 0 Å². The van der Waals surface area contributed by atoms with E-state index in [-0.39, 0.29) is 18.3 Å². The number of hydrogen-bond donors (Lipinski definition) is 1. The number of methoxy groups -OCH3 is 1. The maximum absolute atomic E-state index is 13.2. The topological polar surface area (TPSA) is 47.6 Å². The van der Waals surface area contributed by atoms with Gasteiger partial charge < -0.3 is 14.8 Å². The molecule has 2 aromatic rings. The first kappa shape index (κ1) is 14.8. The number of carbonyl (C=O) groups excluding carboxylic acids is 1. The Morgan fingerprint density at radius 2 is 1.90 bits per heavy atom. The van der Waals surface area contributed by atoms with Crippen molar-refractivity contribution in [1.29, 1.82) is 0 Å². The van der Waals surface area contributed by atoms with Gasteiger partial charge in [-0.1, -0.05) is 0 Å². The van der Waals surface area contributed by atoms with Crippen LogP contribution in [0.5, 0.6) is 11.5 Å². The lowest BCUT2D eigenvalue weighted by Crippen LogP contribution is -2.05. The summed E-state index contributed by atoms with van der Waals surface area (Å²) in [5, 5.41) is 2.67. The van der Waals surface area contributed by atoms with Crippen LogP contribution in [0.1, 0.15) is 12.5 Å². The van der Waals surface area contributed by atoms with Gasteiger partial charge in [-0.3, -0.25) is 4.79 Å². The fourth-order valence-corrected chi connectivity index (χ4v) is 1.86. The second kappa shape index (κ2) is 6.74. The van der Waals surface area contributed by atoms with E-state index in [1.54, 1.807) is 30.3 Å². The van der Waals surface area contributed by atoms with Crippen molar-refractivity contribution >= 4 is 11.6 Å². The van der Waals surface area contributed by atoms with Crippen molar-refractivity contribution in [2.75, 3.05) is 12.4 Å². The van der Waals surface area contributed by atoms with Crippen LogP contribution in [-0.2, 0) is 11.4 Å². The van der Waals surface area contributed by atoms with Crippen LogP contribution < -0.4 is 14.8 Å². The lowest BCUT2D eigenvalue weighted by Gasteiger charge is -2.11. The van der Waals surface area contributed by atoms with Gasteiger partial charge >= 0.3 is 0 Å². The molecule has 0 aliphatic heterocycles. The summed E-state index contributed by atoms with van der Waals surface area (Å²) in [6.45, 7) is 1.64. The third-order valence-corrected chi connectivity index (χ3v) is 2.81. The maximum Gasteiger partial charge on any atom is 0.221 e. The van der Waals surface area contributed by atoms with Crippen molar-refractivity contribution in [2.45, 2.75) is 13.5 Å². The second-order valence-corrected chi connectivity index (χ2v) is 4.45. The molecule has 0 bridgehead atoms. The van der Waals surface area contributed by atoms with Crippen LogP contribution >= 0.6 is 0 Å². The number of carbonyl (C=O) groups is 1. The van der Waals surface area contributed by atoms with Crippen LogP contribution in [0.2, 0.25) is 0 Å². The predicted molar refractivity (Wildman–Crippen MR) is 78.0 cm³/mol. The van der Waals surface area contributed by atoms with E-state index in [9.17, 15) is 9.18 Å². The molecule has 2 rings (SSSR count). The van der Waals surface area contributed by atoms with E-state index in [2.05, 4.69) is 5.32 Å². The van der Waals surface area contributed by atoms with Gasteiger partial charge in [0.15, 0.2) is 0 Å². The summed E-state index contributed by atoms with van der Waals surface area (Å²) < 4.78 is 24.0. The number of benzene rings is 2. The molecule has 1 amide bonds. The van der Waals surface area contributed by atoms with E-state index in [0.29, 0.717) is 22.7 Å². The van der Waals surface area contributed by atoms with Gasteiger partial charge in [-0.05, 0) is 42.5 Å². The van der Waals surface area contributed by atoms with Crippen LogP contribution in [0, 0.1) is 5.82 Å². The third-order valence-electron chi connectivity index (χ3n) is 2.81. The molecule has 4 nitrogen and oxygen atoms in total. The monoisotopic (exact) mass is 289 g/mol. The number of ether oxygens (including phenoxy) is 2. The zero-order chi connectivity index (χ0) is 15.2. The van der Waals surface area contributed by atoms with Crippen molar-refractivity contribution in [1.82, 2.24) is 0 Å². The Balaban J connectivity index is 2.03. The molecule has 110 valence electrons. The zero-order valence-electron chi connectivity index (χ0n) is 11.9. The van der Waals surface area contributed by atoms with Gasteiger partial charge in [-0.2, -0.15) is 0 Å². The van der Waals surface area contributed by atoms with Crippen LogP contribution in [-0.4, -0.2) is 13.0 Å². The molecule has 5 heteroatoms. The molecular formula is C16H16FNO3. The average Bonchev–Trinajstić information content (AvgIpc) is 2.46. The molecule has 0 radical (unpaired) electrons. The minimum atomic E-state index is -0.338. The first-order valence-electron chi connectivity index (χ1n) is 6.41. The van der Waals surface area contributed by atoms with E-state index >= 15 is 0 Å². The molecule has 0 fully saturated rings. The summed E-state index contributed by atoms with van der Waals surface area (Å²) in [6, 6.07) is 11.2. The first-order valence-corrected chi connectivity index (χ1v) is 6.41. The quantitative estimate of drug-likeness (QED) is 0.918. The lowest BCUT2D eigenvalue weighted by atomic mass is 10.2. The number of rotatable bonds is 5. The minimum Gasteiger partial charge on any atom is -0.496 e. The van der Waals surface area contributed by atoms with Crippen LogP contribution in [0.25, 0.3) is 0 Å². The number of hydrogen-bond acceptors (Lipinski definition) is 3. The fourth-order valence-electron chi connectivity index (χ4n) is 1.86. The van der Waals surface area contributed by atoms with E-state index < -0.39 is 0 Å². The molecule has 21 heavy (non-hydrogen) atoms. The van der Waals surface area contributed by atoms with Crippen molar-refractivity contribution < 1.29 is 18.7 Å². The Labute approximate surface area is 122 Å². The Morgan fingerprint density at radius 1 is 1.19 bits per heavy atom. The molecule has 0 spiro atoms. The summed E-state index contributed by atoms with van der Waals surface area (Å²) in [6.07, 6.45) is 0. The standard InChI is InChI=1S/C16H16FNO3/c1-11(19)18-14-4-6-15(7-5-14)21-10-12-9-13(17)3-8-16(12)20-2/h3-9H,10H2,1-2H3,(H,18,19). The largest absolute Gasteiger partial charge is 0.496 e. The third kappa shape index (κ3) is 4.21. The first-order chi connectivity index (χ1) is 10.1. The lowest BCUT2D eigenvalue weighted by molar-refractivity contribution is -0.114. The number of anilines is 1. The molecule has 1 N–H and O–H groups in total. The molecule has 0 saturated heterocycles. The smallest absolute Gasteiger partial charge is 0.221 e. The Hall–Kier alpha value is -2.56. The van der Waals surface area contributed by atoms with Gasteiger partial charge in [0, 0.05) is 18.2 Å². The Bertz CT molecular complexity index is 626. The maximum atomic E-state index is 13.2. The van der Waals surface area contributed by atoms with Gasteiger partial charge in [0.1, 0.15) is 23.9 Å². The Morgan fingerprint density at radius 3 is 2.52 bits per heavy atom. The van der Waals surface area contributed by atoms with Gasteiger partial charge in [0.05, 0.1) is 7.11 Å². The summed E-state index contributed by atoms with van der Waals surface area (Å²) in [5.74, 6) is 0.727. The van der Waals surface area contributed by atoms with Crippen LogP contribution in [0.4, 0.5) is 10.1 Å². The molecule has 0 atom stereocenters. The molecular weight excluding hydrogens is 273 g/mol. The van der Waals surface area contributed by atoms with E-state index in [1.807, 2.05) is 0 Å². The summed E-state index contributed by atoms with van der Waals surface area (Å²) >= 11 is 0. The van der Waals surface area contributed by atoms with Crippen molar-refractivity contribution in [3.63, 3.8) is 0 Å². The van der Waals surface area contributed by atoms with E-state index in [4.69, 9.17) is 9.47 Å². The highest BCUT2D eigenvalue weighted by Crippen LogP contribution is 2.22. The molecule has 0 heterocycles. The average molecular weight is 289 g/mol. The molecule has 0 aliphatic rings. The highest BCUT2D eigenvalue weighted by Gasteiger charge is 2.06. The van der Waals surface area contributed by atoms with E-state index in [0.717, 1.165) is 0 Å². The normalized spacial score (nSPS) is 10.0. The van der Waals surface area contributed by atoms with Gasteiger partial charge in [-0.25, -0.2) is 4.39 Å². The molecule has 0 aromatic heterocycles. The SMILES string of the molecule is COc1ccc(F)cc1COc1ccc(NC(C)=O)cc1. The van der Waals surface area contributed by atoms with E-state index in [1.165, 1.54) is 26.2 Å². The fraction of sp³-hybridized carbons (Fsp3) is 0.188. The number of nitrogens with one attached hydrogen (secondary N) is 1. The minimum absolute atomic E-state index is 0.131. The zero-order valence-corrected chi connectivity index (χ0v) is 11.9. The Kier molecular flexibility index (Phi) is 4.77.